The van der Waals surface area contributed by atoms with Gasteiger partial charge in [0.25, 0.3) is 0 Å². The van der Waals surface area contributed by atoms with E-state index < -0.39 is 17.1 Å². The van der Waals surface area contributed by atoms with Gasteiger partial charge in [0.15, 0.2) is 5.84 Å². The van der Waals surface area contributed by atoms with Gasteiger partial charge in [-0.3, -0.25) is 4.79 Å². The van der Waals surface area contributed by atoms with Crippen molar-refractivity contribution in [1.29, 1.82) is 0 Å². The van der Waals surface area contributed by atoms with Crippen LogP contribution in [-0.2, 0) is 4.79 Å². The van der Waals surface area contributed by atoms with Crippen molar-refractivity contribution in [3.05, 3.63) is 28.5 Å². The maximum absolute atomic E-state index is 13.4. The average Bonchev–Trinajstić information content (AvgIpc) is 2.44. The lowest BCUT2D eigenvalue weighted by atomic mass is 9.80. The first-order valence-corrected chi connectivity index (χ1v) is 6.95. The zero-order valence-electron chi connectivity index (χ0n) is 11.3. The summed E-state index contributed by atoms with van der Waals surface area (Å²) in [6, 6.07) is 4.26. The molecule has 5 nitrogen and oxygen atoms in total. The van der Waals surface area contributed by atoms with Crippen LogP contribution >= 0.6 is 15.9 Å². The number of carbonyl (C=O) groups excluding carboxylic acids is 1. The molecule has 0 aromatic heterocycles. The van der Waals surface area contributed by atoms with Crippen LogP contribution in [0.1, 0.15) is 26.7 Å². The summed E-state index contributed by atoms with van der Waals surface area (Å²) in [6.07, 6.45) is 0.731. The van der Waals surface area contributed by atoms with Gasteiger partial charge in [0.1, 0.15) is 11.2 Å². The number of hydrogen-bond donors (Lipinski definition) is 3. The minimum atomic E-state index is -1.11. The lowest BCUT2D eigenvalue weighted by molar-refractivity contribution is -0.122. The molecule has 20 heavy (non-hydrogen) atoms. The monoisotopic (exact) mass is 345 g/mol. The molecular weight excluding hydrogens is 329 g/mol. The fraction of sp³-hybridized carbons (Fsp3) is 0.385. The molecule has 0 heterocycles. The molecule has 0 radical (unpaired) electrons. The zero-order valence-corrected chi connectivity index (χ0v) is 12.9. The van der Waals surface area contributed by atoms with Gasteiger partial charge in [0.2, 0.25) is 5.91 Å². The fourth-order valence-electron chi connectivity index (χ4n) is 1.97. The Balaban J connectivity index is 3.06. The number of amidine groups is 1. The second kappa shape index (κ2) is 6.69. The molecule has 1 rings (SSSR count). The number of nitrogens with one attached hydrogen (secondary N) is 1. The number of halogens is 2. The van der Waals surface area contributed by atoms with Gasteiger partial charge in [-0.2, -0.15) is 0 Å². The molecule has 0 fully saturated rings. The third kappa shape index (κ3) is 3.09. The molecule has 0 atom stereocenters. The number of rotatable bonds is 5. The molecular formula is C13H17BrFN3O2. The van der Waals surface area contributed by atoms with E-state index in [0.29, 0.717) is 23.0 Å². The SMILES string of the molecule is CCC(CC)(C(=O)Nc1ccc(Br)c(F)c1)C(N)=NO. The maximum atomic E-state index is 13.4. The average molecular weight is 346 g/mol. The Morgan fingerprint density at radius 1 is 1.50 bits per heavy atom. The van der Waals surface area contributed by atoms with Gasteiger partial charge >= 0.3 is 0 Å². The Bertz CT molecular complexity index is 530. The number of nitrogens with two attached hydrogens (primary N) is 1. The van der Waals surface area contributed by atoms with Crippen LogP contribution in [0.15, 0.2) is 27.8 Å². The Labute approximate surface area is 125 Å². The summed E-state index contributed by atoms with van der Waals surface area (Å²) in [7, 11) is 0. The third-order valence-corrected chi connectivity index (χ3v) is 4.06. The van der Waals surface area contributed by atoms with Crippen molar-refractivity contribution >= 4 is 33.4 Å². The highest BCUT2D eigenvalue weighted by Crippen LogP contribution is 2.29. The maximum Gasteiger partial charge on any atom is 0.238 e. The number of nitrogens with zero attached hydrogens (tertiary/aromatic N) is 1. The summed E-state index contributed by atoms with van der Waals surface area (Å²) < 4.78 is 13.7. The van der Waals surface area contributed by atoms with Gasteiger partial charge in [-0.25, -0.2) is 4.39 Å². The van der Waals surface area contributed by atoms with Crippen LogP contribution < -0.4 is 11.1 Å². The summed E-state index contributed by atoms with van der Waals surface area (Å²) in [4.78, 5) is 12.4. The number of amides is 1. The van der Waals surface area contributed by atoms with Crippen LogP contribution in [0.25, 0.3) is 0 Å². The molecule has 0 saturated carbocycles. The summed E-state index contributed by atoms with van der Waals surface area (Å²) in [5.74, 6) is -1.07. The highest BCUT2D eigenvalue weighted by Gasteiger charge is 2.39. The normalized spacial score (nSPS) is 12.3. The van der Waals surface area contributed by atoms with E-state index in [2.05, 4.69) is 26.4 Å². The van der Waals surface area contributed by atoms with E-state index in [1.54, 1.807) is 19.9 Å². The summed E-state index contributed by atoms with van der Waals surface area (Å²) in [5, 5.41) is 14.4. The second-order valence-electron chi connectivity index (χ2n) is 4.36. The predicted molar refractivity (Wildman–Crippen MR) is 79.2 cm³/mol. The van der Waals surface area contributed by atoms with E-state index in [4.69, 9.17) is 10.9 Å². The van der Waals surface area contributed by atoms with E-state index in [0.717, 1.165) is 0 Å². The number of oxime groups is 1. The van der Waals surface area contributed by atoms with E-state index in [1.807, 2.05) is 0 Å². The predicted octanol–water partition coefficient (Wildman–Crippen LogP) is 3.08. The molecule has 4 N–H and O–H groups in total. The van der Waals surface area contributed by atoms with Crippen molar-refractivity contribution < 1.29 is 14.4 Å². The first-order valence-electron chi connectivity index (χ1n) is 6.15. The number of hydrogen-bond acceptors (Lipinski definition) is 3. The Morgan fingerprint density at radius 2 is 2.10 bits per heavy atom. The minimum absolute atomic E-state index is 0.155. The van der Waals surface area contributed by atoms with Gasteiger partial charge in [-0.15, -0.1) is 0 Å². The quantitative estimate of drug-likeness (QED) is 0.331. The Kier molecular flexibility index (Phi) is 5.50. The van der Waals surface area contributed by atoms with Crippen LogP contribution in [0.4, 0.5) is 10.1 Å². The standard InChI is InChI=1S/C13H17BrFN3O2/c1-3-13(4-2,11(16)18-20)12(19)17-8-5-6-9(14)10(15)7-8/h5-7,20H,3-4H2,1-2H3,(H2,16,18)(H,17,19). The van der Waals surface area contributed by atoms with Crippen molar-refractivity contribution in [2.75, 3.05) is 5.32 Å². The molecule has 0 spiro atoms. The van der Waals surface area contributed by atoms with Gasteiger partial charge < -0.3 is 16.3 Å². The minimum Gasteiger partial charge on any atom is -0.409 e. The van der Waals surface area contributed by atoms with Gasteiger partial charge in [-0.1, -0.05) is 19.0 Å². The molecule has 1 amide bonds. The molecule has 110 valence electrons. The van der Waals surface area contributed by atoms with E-state index >= 15 is 0 Å². The van der Waals surface area contributed by atoms with Gasteiger partial charge in [0.05, 0.1) is 4.47 Å². The largest absolute Gasteiger partial charge is 0.409 e. The second-order valence-corrected chi connectivity index (χ2v) is 5.21. The van der Waals surface area contributed by atoms with Crippen LogP contribution in [0.2, 0.25) is 0 Å². The van der Waals surface area contributed by atoms with E-state index in [-0.39, 0.29) is 5.84 Å². The summed E-state index contributed by atoms with van der Waals surface area (Å²) >= 11 is 3.04. The molecule has 0 aliphatic carbocycles. The lowest BCUT2D eigenvalue weighted by Crippen LogP contribution is -2.46. The molecule has 0 saturated heterocycles. The van der Waals surface area contributed by atoms with Crippen LogP contribution in [0, 0.1) is 11.2 Å². The lowest BCUT2D eigenvalue weighted by Gasteiger charge is -2.28. The van der Waals surface area contributed by atoms with Crippen molar-refractivity contribution in [3.63, 3.8) is 0 Å². The molecule has 1 aromatic carbocycles. The van der Waals surface area contributed by atoms with E-state index in [1.165, 1.54) is 12.1 Å². The highest BCUT2D eigenvalue weighted by molar-refractivity contribution is 9.10. The third-order valence-electron chi connectivity index (χ3n) is 3.42. The number of carbonyl (C=O) groups is 1. The number of anilines is 1. The van der Waals surface area contributed by atoms with Gasteiger partial charge in [-0.05, 0) is 47.0 Å². The Morgan fingerprint density at radius 3 is 2.55 bits per heavy atom. The molecule has 0 aliphatic heterocycles. The zero-order chi connectivity index (χ0) is 15.3. The van der Waals surface area contributed by atoms with Gasteiger partial charge in [0, 0.05) is 5.69 Å². The van der Waals surface area contributed by atoms with Crippen molar-refractivity contribution in [2.24, 2.45) is 16.3 Å². The highest BCUT2D eigenvalue weighted by atomic mass is 79.9. The molecule has 0 unspecified atom stereocenters. The van der Waals surface area contributed by atoms with E-state index in [9.17, 15) is 9.18 Å². The first kappa shape index (κ1) is 16.4. The van der Waals surface area contributed by atoms with Crippen molar-refractivity contribution in [1.82, 2.24) is 0 Å². The van der Waals surface area contributed by atoms with Crippen LogP contribution in [-0.4, -0.2) is 17.0 Å². The fourth-order valence-corrected chi connectivity index (χ4v) is 2.22. The number of benzene rings is 1. The van der Waals surface area contributed by atoms with Crippen LogP contribution in [0.3, 0.4) is 0 Å². The smallest absolute Gasteiger partial charge is 0.238 e. The summed E-state index contributed by atoms with van der Waals surface area (Å²) in [5.41, 5.74) is 4.84. The molecule has 1 aromatic rings. The summed E-state index contributed by atoms with van der Waals surface area (Å²) in [6.45, 7) is 3.53. The molecule has 0 bridgehead atoms. The first-order chi connectivity index (χ1) is 9.41. The molecule has 7 heteroatoms. The topological polar surface area (TPSA) is 87.7 Å². The van der Waals surface area contributed by atoms with Crippen LogP contribution in [0.5, 0.6) is 0 Å². The van der Waals surface area contributed by atoms with Crippen molar-refractivity contribution in [2.45, 2.75) is 26.7 Å². The Hall–Kier alpha value is -1.63. The van der Waals surface area contributed by atoms with Crippen molar-refractivity contribution in [3.8, 4) is 0 Å². The molecule has 0 aliphatic rings.